The van der Waals surface area contributed by atoms with Gasteiger partial charge in [0.2, 0.25) is 0 Å². The molecule has 12 heavy (non-hydrogen) atoms. The van der Waals surface area contributed by atoms with Crippen LogP contribution in [0, 0.1) is 11.3 Å². The van der Waals surface area contributed by atoms with Crippen molar-refractivity contribution in [2.45, 2.75) is 39.0 Å². The number of rotatable bonds is 3. The minimum Gasteiger partial charge on any atom is -0.396 e. The van der Waals surface area contributed by atoms with Gasteiger partial charge in [-0.3, -0.25) is 0 Å². The van der Waals surface area contributed by atoms with Gasteiger partial charge in [0.05, 0.1) is 0 Å². The van der Waals surface area contributed by atoms with Gasteiger partial charge < -0.3 is 10.8 Å². The second-order valence-corrected chi connectivity index (χ2v) is 4.21. The van der Waals surface area contributed by atoms with Crippen LogP contribution in [-0.2, 0) is 0 Å². The molecule has 0 atom stereocenters. The molecule has 1 saturated carbocycles. The first-order valence-electron chi connectivity index (χ1n) is 5.07. The molecule has 0 unspecified atom stereocenters. The van der Waals surface area contributed by atoms with Crippen LogP contribution in [0.2, 0.25) is 0 Å². The Bertz CT molecular complexity index is 122. The third-order valence-corrected chi connectivity index (χ3v) is 3.51. The van der Waals surface area contributed by atoms with Gasteiger partial charge in [0.1, 0.15) is 0 Å². The lowest BCUT2D eigenvalue weighted by Gasteiger charge is -2.37. The molecule has 0 amide bonds. The lowest BCUT2D eigenvalue weighted by molar-refractivity contribution is 0.0710. The van der Waals surface area contributed by atoms with Crippen LogP contribution in [0.4, 0.5) is 0 Å². The van der Waals surface area contributed by atoms with E-state index in [9.17, 15) is 5.11 Å². The number of hydrogen-bond donors (Lipinski definition) is 2. The molecule has 0 bridgehead atoms. The van der Waals surface area contributed by atoms with E-state index in [4.69, 9.17) is 5.73 Å². The molecule has 1 rings (SSSR count). The quantitative estimate of drug-likeness (QED) is 0.676. The Morgan fingerprint density at radius 3 is 2.33 bits per heavy atom. The van der Waals surface area contributed by atoms with E-state index in [0.717, 1.165) is 18.8 Å². The van der Waals surface area contributed by atoms with Crippen LogP contribution in [0.25, 0.3) is 0 Å². The normalized spacial score (nSPS) is 36.8. The van der Waals surface area contributed by atoms with E-state index >= 15 is 0 Å². The van der Waals surface area contributed by atoms with Gasteiger partial charge >= 0.3 is 0 Å². The molecule has 0 spiro atoms. The van der Waals surface area contributed by atoms with E-state index in [0.29, 0.717) is 6.54 Å². The van der Waals surface area contributed by atoms with Gasteiger partial charge in [0.15, 0.2) is 0 Å². The molecule has 2 heteroatoms. The van der Waals surface area contributed by atoms with Crippen molar-refractivity contribution >= 4 is 0 Å². The Labute approximate surface area is 75.2 Å². The number of aliphatic hydroxyl groups excluding tert-OH is 1. The Kier molecular flexibility index (Phi) is 3.53. The van der Waals surface area contributed by atoms with Crippen molar-refractivity contribution in [1.82, 2.24) is 0 Å². The van der Waals surface area contributed by atoms with Gasteiger partial charge in [0.25, 0.3) is 0 Å². The fraction of sp³-hybridized carbons (Fsp3) is 1.00. The Morgan fingerprint density at radius 2 is 2.00 bits per heavy atom. The summed E-state index contributed by atoms with van der Waals surface area (Å²) in [5.74, 6) is 0.885. The molecule has 0 aromatic carbocycles. The molecule has 1 aliphatic carbocycles. The summed E-state index contributed by atoms with van der Waals surface area (Å²) in [7, 11) is 0. The summed E-state index contributed by atoms with van der Waals surface area (Å²) in [6.45, 7) is 3.18. The molecular formula is C10H21NO. The molecule has 1 aliphatic rings. The van der Waals surface area contributed by atoms with Crippen LogP contribution in [-0.4, -0.2) is 18.3 Å². The summed E-state index contributed by atoms with van der Waals surface area (Å²) in [5, 5.41) is 9.22. The molecule has 0 aromatic heterocycles. The van der Waals surface area contributed by atoms with Gasteiger partial charge in [-0.2, -0.15) is 0 Å². The summed E-state index contributed by atoms with van der Waals surface area (Å²) >= 11 is 0. The Hall–Kier alpha value is -0.0800. The van der Waals surface area contributed by atoms with Gasteiger partial charge in [0, 0.05) is 18.6 Å². The summed E-state index contributed by atoms with van der Waals surface area (Å²) in [4.78, 5) is 0. The van der Waals surface area contributed by atoms with Crippen LogP contribution in [0.1, 0.15) is 39.0 Å². The molecule has 2 nitrogen and oxygen atoms in total. The van der Waals surface area contributed by atoms with E-state index in [1.807, 2.05) is 0 Å². The monoisotopic (exact) mass is 171 g/mol. The maximum absolute atomic E-state index is 9.22. The second kappa shape index (κ2) is 4.24. The topological polar surface area (TPSA) is 46.2 Å². The van der Waals surface area contributed by atoms with Crippen molar-refractivity contribution in [3.63, 3.8) is 0 Å². The molecule has 0 heterocycles. The van der Waals surface area contributed by atoms with Gasteiger partial charge in [-0.05, 0) is 31.6 Å². The SMILES string of the molecule is CCC1CCC(CN)(CO)CC1. The lowest BCUT2D eigenvalue weighted by Crippen LogP contribution is -2.37. The maximum Gasteiger partial charge on any atom is 0.0499 e. The molecule has 0 aromatic rings. The predicted octanol–water partition coefficient (Wildman–Crippen LogP) is 1.52. The highest BCUT2D eigenvalue weighted by Crippen LogP contribution is 2.38. The van der Waals surface area contributed by atoms with E-state index in [2.05, 4.69) is 6.92 Å². The third kappa shape index (κ3) is 1.99. The molecular weight excluding hydrogens is 150 g/mol. The zero-order valence-electron chi connectivity index (χ0n) is 8.05. The van der Waals surface area contributed by atoms with Crippen molar-refractivity contribution in [2.24, 2.45) is 17.1 Å². The minimum atomic E-state index is 0.0751. The standard InChI is InChI=1S/C10H21NO/c1-2-9-3-5-10(7-11,8-12)6-4-9/h9,12H,2-8,11H2,1H3. The van der Waals surface area contributed by atoms with Crippen molar-refractivity contribution < 1.29 is 5.11 Å². The van der Waals surface area contributed by atoms with E-state index in [1.54, 1.807) is 0 Å². The summed E-state index contributed by atoms with van der Waals surface area (Å²) in [6, 6.07) is 0. The highest BCUT2D eigenvalue weighted by Gasteiger charge is 2.32. The summed E-state index contributed by atoms with van der Waals surface area (Å²) < 4.78 is 0. The summed E-state index contributed by atoms with van der Waals surface area (Å²) in [5.41, 5.74) is 5.75. The predicted molar refractivity (Wildman–Crippen MR) is 50.8 cm³/mol. The number of aliphatic hydroxyl groups is 1. The maximum atomic E-state index is 9.22. The molecule has 0 radical (unpaired) electrons. The Balaban J connectivity index is 2.42. The van der Waals surface area contributed by atoms with Crippen LogP contribution in [0.5, 0.6) is 0 Å². The van der Waals surface area contributed by atoms with Crippen molar-refractivity contribution in [2.75, 3.05) is 13.2 Å². The first-order valence-corrected chi connectivity index (χ1v) is 5.07. The van der Waals surface area contributed by atoms with Crippen molar-refractivity contribution in [3.05, 3.63) is 0 Å². The highest BCUT2D eigenvalue weighted by atomic mass is 16.3. The largest absolute Gasteiger partial charge is 0.396 e. The van der Waals surface area contributed by atoms with Crippen LogP contribution >= 0.6 is 0 Å². The first kappa shape index (κ1) is 10.0. The average molecular weight is 171 g/mol. The zero-order valence-corrected chi connectivity index (χ0v) is 8.05. The molecule has 0 aliphatic heterocycles. The van der Waals surface area contributed by atoms with Crippen molar-refractivity contribution in [1.29, 1.82) is 0 Å². The van der Waals surface area contributed by atoms with Crippen molar-refractivity contribution in [3.8, 4) is 0 Å². The highest BCUT2D eigenvalue weighted by molar-refractivity contribution is 4.85. The smallest absolute Gasteiger partial charge is 0.0499 e. The van der Waals surface area contributed by atoms with Gasteiger partial charge in [-0.25, -0.2) is 0 Å². The van der Waals surface area contributed by atoms with Crippen LogP contribution in [0.15, 0.2) is 0 Å². The first-order chi connectivity index (χ1) is 5.76. The second-order valence-electron chi connectivity index (χ2n) is 4.21. The van der Waals surface area contributed by atoms with Gasteiger partial charge in [-0.1, -0.05) is 13.3 Å². The van der Waals surface area contributed by atoms with Gasteiger partial charge in [-0.15, -0.1) is 0 Å². The third-order valence-electron chi connectivity index (χ3n) is 3.51. The van der Waals surface area contributed by atoms with Crippen LogP contribution in [0.3, 0.4) is 0 Å². The molecule has 1 fully saturated rings. The lowest BCUT2D eigenvalue weighted by atomic mass is 9.70. The zero-order chi connectivity index (χ0) is 9.03. The molecule has 0 saturated heterocycles. The van der Waals surface area contributed by atoms with E-state index < -0.39 is 0 Å². The molecule has 3 N–H and O–H groups in total. The molecule has 72 valence electrons. The Morgan fingerprint density at radius 1 is 1.42 bits per heavy atom. The van der Waals surface area contributed by atoms with E-state index in [1.165, 1.54) is 19.3 Å². The van der Waals surface area contributed by atoms with E-state index in [-0.39, 0.29) is 12.0 Å². The van der Waals surface area contributed by atoms with Crippen LogP contribution < -0.4 is 5.73 Å². The average Bonchev–Trinajstić information content (AvgIpc) is 2.18. The fourth-order valence-corrected chi connectivity index (χ4v) is 2.12. The fourth-order valence-electron chi connectivity index (χ4n) is 2.12. The minimum absolute atomic E-state index is 0.0751. The number of hydrogen-bond acceptors (Lipinski definition) is 2. The summed E-state index contributed by atoms with van der Waals surface area (Å²) in [6.07, 6.45) is 6.05. The number of nitrogens with two attached hydrogens (primary N) is 1.